The summed E-state index contributed by atoms with van der Waals surface area (Å²) in [5, 5.41) is 4.05. The Bertz CT molecular complexity index is 1190. The van der Waals surface area contributed by atoms with E-state index in [1.807, 2.05) is 19.2 Å². The van der Waals surface area contributed by atoms with E-state index in [2.05, 4.69) is 23.3 Å². The molecule has 0 bridgehead atoms. The van der Waals surface area contributed by atoms with E-state index < -0.39 is 0 Å². The molecule has 1 amide bonds. The molecule has 162 valence electrons. The molecule has 0 spiro atoms. The lowest BCUT2D eigenvalue weighted by Crippen LogP contribution is -2.30. The maximum Gasteiger partial charge on any atom is 0.346 e. The molecule has 7 nitrogen and oxygen atoms in total. The summed E-state index contributed by atoms with van der Waals surface area (Å²) in [6.07, 6.45) is 3.90. The first kappa shape index (κ1) is 21.2. The van der Waals surface area contributed by atoms with Gasteiger partial charge in [0, 0.05) is 42.0 Å². The molecule has 9 heteroatoms. The fourth-order valence-electron chi connectivity index (χ4n) is 3.68. The second-order valence-electron chi connectivity index (χ2n) is 7.55. The average Bonchev–Trinajstić information content (AvgIpc) is 3.40. The number of carbonyl (C=O) groups excluding carboxylic acids is 1. The number of aromatic nitrogens is 3. The molecule has 0 radical (unpaired) electrons. The summed E-state index contributed by atoms with van der Waals surface area (Å²) < 4.78 is 15.5. The van der Waals surface area contributed by atoms with E-state index in [1.165, 1.54) is 21.1 Å². The summed E-state index contributed by atoms with van der Waals surface area (Å²) in [4.78, 5) is 28.3. The molecule has 31 heavy (non-hydrogen) atoms. The van der Waals surface area contributed by atoms with Crippen LogP contribution in [-0.2, 0) is 30.7 Å². The Labute approximate surface area is 183 Å². The van der Waals surface area contributed by atoms with Crippen LogP contribution in [0.5, 0.6) is 0 Å². The quantitative estimate of drug-likeness (QED) is 0.611. The van der Waals surface area contributed by atoms with Gasteiger partial charge in [0.25, 0.3) is 0 Å². The first-order valence-electron chi connectivity index (χ1n) is 10.1. The Balaban J connectivity index is 1.44. The van der Waals surface area contributed by atoms with E-state index in [0.29, 0.717) is 31.3 Å². The molecule has 3 aromatic rings. The molecule has 4 rings (SSSR count). The van der Waals surface area contributed by atoms with Gasteiger partial charge in [0.2, 0.25) is 5.91 Å². The van der Waals surface area contributed by atoms with Crippen molar-refractivity contribution in [3.8, 4) is 10.4 Å². The Morgan fingerprint density at radius 1 is 1.26 bits per heavy atom. The number of benzene rings is 1. The fourth-order valence-corrected chi connectivity index (χ4v) is 4.67. The molecule has 3 heterocycles. The maximum absolute atomic E-state index is 12.7. The number of fused-ring (bicyclic) bond motifs is 1. The predicted octanol–water partition coefficient (Wildman–Crippen LogP) is 2.74. The zero-order valence-corrected chi connectivity index (χ0v) is 18.1. The number of thiophene rings is 1. The third-order valence-electron chi connectivity index (χ3n) is 5.53. The van der Waals surface area contributed by atoms with Gasteiger partial charge in [-0.1, -0.05) is 6.07 Å². The SMILES string of the molecule is CN1C(=O)CCc2cc(-c3ccc(CCn4cnn(C/C(=C/F)CN)c4=O)s3)ccc21. The molecule has 0 unspecified atom stereocenters. The van der Waals surface area contributed by atoms with Crippen molar-refractivity contribution in [3.05, 3.63) is 69.5 Å². The van der Waals surface area contributed by atoms with Gasteiger partial charge in [0.05, 0.1) is 12.9 Å². The number of aryl methyl sites for hydroxylation is 3. The average molecular weight is 442 g/mol. The number of hydrogen-bond acceptors (Lipinski definition) is 5. The standard InChI is InChI=1S/C22H24FN5O2S/c1-26-19-5-2-17(10-16(19)3-7-21(26)29)20-6-4-18(31-20)8-9-27-14-25-28(22(27)30)13-15(11-23)12-24/h2,4-6,10-11,14H,3,7-9,12-13,24H2,1H3/b15-11+. The second kappa shape index (κ2) is 8.99. The Hall–Kier alpha value is -3.04. The highest BCUT2D eigenvalue weighted by Crippen LogP contribution is 2.34. The van der Waals surface area contributed by atoms with E-state index in [9.17, 15) is 14.0 Å². The first-order valence-corrected chi connectivity index (χ1v) is 10.9. The van der Waals surface area contributed by atoms with Crippen molar-refractivity contribution >= 4 is 22.9 Å². The number of rotatable bonds is 7. The third kappa shape index (κ3) is 4.38. The topological polar surface area (TPSA) is 86.2 Å². The van der Waals surface area contributed by atoms with Gasteiger partial charge in [0.1, 0.15) is 6.33 Å². The third-order valence-corrected chi connectivity index (χ3v) is 6.73. The van der Waals surface area contributed by atoms with Crippen LogP contribution in [0.3, 0.4) is 0 Å². The molecule has 2 aromatic heterocycles. The van der Waals surface area contributed by atoms with Gasteiger partial charge >= 0.3 is 5.69 Å². The molecular formula is C22H24FN5O2S. The lowest BCUT2D eigenvalue weighted by molar-refractivity contribution is -0.118. The zero-order chi connectivity index (χ0) is 22.0. The molecule has 0 saturated heterocycles. The molecular weight excluding hydrogens is 417 g/mol. The van der Waals surface area contributed by atoms with E-state index in [1.54, 1.807) is 16.2 Å². The van der Waals surface area contributed by atoms with Crippen molar-refractivity contribution in [2.75, 3.05) is 18.5 Å². The van der Waals surface area contributed by atoms with Crippen LogP contribution < -0.4 is 16.3 Å². The molecule has 0 fully saturated rings. The normalized spacial score (nSPS) is 14.2. The van der Waals surface area contributed by atoms with Crippen LogP contribution in [0.1, 0.15) is 16.9 Å². The van der Waals surface area contributed by atoms with Crippen LogP contribution in [0.4, 0.5) is 10.1 Å². The molecule has 0 aliphatic carbocycles. The van der Waals surface area contributed by atoms with Gasteiger partial charge < -0.3 is 10.6 Å². The van der Waals surface area contributed by atoms with Crippen molar-refractivity contribution in [1.29, 1.82) is 0 Å². The summed E-state index contributed by atoms with van der Waals surface area (Å²) in [7, 11) is 1.82. The van der Waals surface area contributed by atoms with Crippen LogP contribution in [-0.4, -0.2) is 33.8 Å². The molecule has 1 aliphatic heterocycles. The van der Waals surface area contributed by atoms with E-state index >= 15 is 0 Å². The smallest absolute Gasteiger partial charge is 0.327 e. The maximum atomic E-state index is 12.7. The van der Waals surface area contributed by atoms with Gasteiger partial charge in [-0.25, -0.2) is 13.9 Å². The van der Waals surface area contributed by atoms with Crippen molar-refractivity contribution in [2.24, 2.45) is 5.73 Å². The molecule has 1 aromatic carbocycles. The number of amides is 1. The van der Waals surface area contributed by atoms with E-state index in [4.69, 9.17) is 5.73 Å². The number of nitrogens with two attached hydrogens (primary N) is 1. The zero-order valence-electron chi connectivity index (χ0n) is 17.3. The van der Waals surface area contributed by atoms with Gasteiger partial charge in [-0.3, -0.25) is 9.36 Å². The van der Waals surface area contributed by atoms with Crippen LogP contribution in [0.25, 0.3) is 10.4 Å². The minimum absolute atomic E-state index is 0.0447. The van der Waals surface area contributed by atoms with Gasteiger partial charge in [-0.2, -0.15) is 5.10 Å². The van der Waals surface area contributed by atoms with Crippen molar-refractivity contribution in [1.82, 2.24) is 14.3 Å². The summed E-state index contributed by atoms with van der Waals surface area (Å²) in [5.74, 6) is 0.150. The summed E-state index contributed by atoms with van der Waals surface area (Å²) in [6.45, 7) is 0.595. The number of hydrogen-bond donors (Lipinski definition) is 1. The molecule has 1 aliphatic rings. The number of carbonyl (C=O) groups is 1. The first-order chi connectivity index (χ1) is 15.0. The van der Waals surface area contributed by atoms with E-state index in [0.717, 1.165) is 27.4 Å². The summed E-state index contributed by atoms with van der Waals surface area (Å²) in [5.41, 5.74) is 8.79. The lowest BCUT2D eigenvalue weighted by Gasteiger charge is -2.26. The second-order valence-corrected chi connectivity index (χ2v) is 8.72. The minimum atomic E-state index is -0.280. The van der Waals surface area contributed by atoms with Crippen molar-refractivity contribution in [3.63, 3.8) is 0 Å². The highest BCUT2D eigenvalue weighted by Gasteiger charge is 2.21. The predicted molar refractivity (Wildman–Crippen MR) is 120 cm³/mol. The highest BCUT2D eigenvalue weighted by atomic mass is 32.1. The van der Waals surface area contributed by atoms with Gasteiger partial charge in [-0.05, 0) is 53.8 Å². The molecule has 0 saturated carbocycles. The summed E-state index contributed by atoms with van der Waals surface area (Å²) >= 11 is 1.69. The minimum Gasteiger partial charge on any atom is -0.327 e. The van der Waals surface area contributed by atoms with Crippen LogP contribution in [0, 0.1) is 0 Å². The monoisotopic (exact) mass is 441 g/mol. The van der Waals surface area contributed by atoms with Crippen LogP contribution >= 0.6 is 11.3 Å². The Morgan fingerprint density at radius 2 is 2.10 bits per heavy atom. The number of halogens is 1. The molecule has 0 atom stereocenters. The number of anilines is 1. The van der Waals surface area contributed by atoms with Crippen molar-refractivity contribution in [2.45, 2.75) is 32.4 Å². The fraction of sp³-hybridized carbons (Fsp3) is 0.318. The van der Waals surface area contributed by atoms with Gasteiger partial charge in [-0.15, -0.1) is 11.3 Å². The van der Waals surface area contributed by atoms with E-state index in [-0.39, 0.29) is 24.7 Å². The van der Waals surface area contributed by atoms with Crippen LogP contribution in [0.2, 0.25) is 0 Å². The lowest BCUT2D eigenvalue weighted by atomic mass is 9.99. The Kier molecular flexibility index (Phi) is 6.15. The largest absolute Gasteiger partial charge is 0.346 e. The number of nitrogens with zero attached hydrogens (tertiary/aromatic N) is 4. The Morgan fingerprint density at radius 3 is 2.87 bits per heavy atom. The van der Waals surface area contributed by atoms with Crippen LogP contribution in [0.15, 0.2) is 53.4 Å². The van der Waals surface area contributed by atoms with Crippen molar-refractivity contribution < 1.29 is 9.18 Å². The molecule has 2 N–H and O–H groups in total. The highest BCUT2D eigenvalue weighted by molar-refractivity contribution is 7.15. The summed E-state index contributed by atoms with van der Waals surface area (Å²) in [6, 6.07) is 10.4. The van der Waals surface area contributed by atoms with Gasteiger partial charge in [0.15, 0.2) is 0 Å².